The average Bonchev–Trinajstić information content (AvgIpc) is 2.35. The highest BCUT2D eigenvalue weighted by Gasteiger charge is 2.32. The minimum atomic E-state index is -0.293. The molecule has 1 aliphatic heterocycles. The summed E-state index contributed by atoms with van der Waals surface area (Å²) in [6.07, 6.45) is 1.61. The van der Waals surface area contributed by atoms with Crippen molar-refractivity contribution in [2.45, 2.75) is 25.3 Å². The van der Waals surface area contributed by atoms with Gasteiger partial charge < -0.3 is 20.9 Å². The molecule has 0 amide bonds. The Hall–Kier alpha value is -1.26. The van der Waals surface area contributed by atoms with E-state index in [1.165, 1.54) is 0 Å². The molecule has 4 nitrogen and oxygen atoms in total. The van der Waals surface area contributed by atoms with Crippen LogP contribution in [0.25, 0.3) is 0 Å². The van der Waals surface area contributed by atoms with Gasteiger partial charge in [-0.25, -0.2) is 0 Å². The summed E-state index contributed by atoms with van der Waals surface area (Å²) in [4.78, 5) is 0. The van der Waals surface area contributed by atoms with Gasteiger partial charge in [0.25, 0.3) is 0 Å². The van der Waals surface area contributed by atoms with E-state index in [9.17, 15) is 5.11 Å². The number of aliphatic hydroxyl groups excluding tert-OH is 1. The SMILES string of the molecule is Cc1cccc(N)c1NC1(CO)CCOCC1. The normalized spacial score (nSPS) is 18.9. The van der Waals surface area contributed by atoms with Crippen molar-refractivity contribution in [1.82, 2.24) is 0 Å². The van der Waals surface area contributed by atoms with Crippen LogP contribution in [0.15, 0.2) is 18.2 Å². The molecule has 0 bridgehead atoms. The van der Waals surface area contributed by atoms with E-state index in [4.69, 9.17) is 10.5 Å². The van der Waals surface area contributed by atoms with E-state index in [0.29, 0.717) is 13.2 Å². The third-order valence-electron chi connectivity index (χ3n) is 3.45. The molecule has 1 heterocycles. The van der Waals surface area contributed by atoms with Crippen molar-refractivity contribution in [1.29, 1.82) is 0 Å². The zero-order chi connectivity index (χ0) is 12.3. The van der Waals surface area contributed by atoms with Gasteiger partial charge in [-0.05, 0) is 31.4 Å². The predicted molar refractivity (Wildman–Crippen MR) is 69.1 cm³/mol. The van der Waals surface area contributed by atoms with Crippen LogP contribution in [0.3, 0.4) is 0 Å². The number of nitrogen functional groups attached to an aromatic ring is 1. The zero-order valence-electron chi connectivity index (χ0n) is 10.2. The second kappa shape index (κ2) is 4.94. The molecule has 1 fully saturated rings. The van der Waals surface area contributed by atoms with E-state index in [-0.39, 0.29) is 12.1 Å². The number of aliphatic hydroxyl groups is 1. The Balaban J connectivity index is 2.23. The van der Waals surface area contributed by atoms with Crippen LogP contribution in [0.2, 0.25) is 0 Å². The molecule has 17 heavy (non-hydrogen) atoms. The van der Waals surface area contributed by atoms with Crippen LogP contribution in [-0.2, 0) is 4.74 Å². The molecular weight excluding hydrogens is 216 g/mol. The number of anilines is 2. The third kappa shape index (κ3) is 2.53. The Morgan fingerprint density at radius 1 is 1.41 bits per heavy atom. The molecule has 0 unspecified atom stereocenters. The number of ether oxygens (including phenoxy) is 1. The lowest BCUT2D eigenvalue weighted by Crippen LogP contribution is -2.47. The van der Waals surface area contributed by atoms with Crippen molar-refractivity contribution in [2.24, 2.45) is 0 Å². The minimum absolute atomic E-state index is 0.101. The number of benzene rings is 1. The molecule has 94 valence electrons. The second-order valence-corrected chi connectivity index (χ2v) is 4.71. The number of rotatable bonds is 3. The van der Waals surface area contributed by atoms with Gasteiger partial charge in [-0.2, -0.15) is 0 Å². The maximum absolute atomic E-state index is 9.63. The lowest BCUT2D eigenvalue weighted by atomic mass is 9.90. The Kier molecular flexibility index (Phi) is 3.54. The first-order chi connectivity index (χ1) is 8.17. The third-order valence-corrected chi connectivity index (χ3v) is 3.45. The molecule has 0 atom stereocenters. The van der Waals surface area contributed by atoms with Gasteiger partial charge in [0, 0.05) is 13.2 Å². The van der Waals surface area contributed by atoms with Gasteiger partial charge in [0.05, 0.1) is 23.5 Å². The van der Waals surface area contributed by atoms with E-state index >= 15 is 0 Å². The van der Waals surface area contributed by atoms with Crippen molar-refractivity contribution in [2.75, 3.05) is 30.9 Å². The summed E-state index contributed by atoms with van der Waals surface area (Å²) in [6.45, 7) is 3.48. The number of para-hydroxylation sites is 1. The first-order valence-electron chi connectivity index (χ1n) is 5.99. The van der Waals surface area contributed by atoms with Gasteiger partial charge >= 0.3 is 0 Å². The summed E-state index contributed by atoms with van der Waals surface area (Å²) in [5.41, 5.74) is 8.44. The average molecular weight is 236 g/mol. The highest BCUT2D eigenvalue weighted by molar-refractivity contribution is 5.70. The van der Waals surface area contributed by atoms with Gasteiger partial charge in [0.1, 0.15) is 0 Å². The van der Waals surface area contributed by atoms with Gasteiger partial charge in [0.15, 0.2) is 0 Å². The second-order valence-electron chi connectivity index (χ2n) is 4.71. The summed E-state index contributed by atoms with van der Waals surface area (Å²) in [5.74, 6) is 0. The molecule has 1 saturated heterocycles. The summed E-state index contributed by atoms with van der Waals surface area (Å²) < 4.78 is 5.34. The van der Waals surface area contributed by atoms with Crippen LogP contribution in [0.4, 0.5) is 11.4 Å². The van der Waals surface area contributed by atoms with Crippen LogP contribution in [0, 0.1) is 6.92 Å². The number of nitrogens with one attached hydrogen (secondary N) is 1. The fraction of sp³-hybridized carbons (Fsp3) is 0.538. The molecular formula is C13H20N2O2. The summed E-state index contributed by atoms with van der Waals surface area (Å²) in [7, 11) is 0. The monoisotopic (exact) mass is 236 g/mol. The van der Waals surface area contributed by atoms with Crippen LogP contribution in [0.1, 0.15) is 18.4 Å². The Morgan fingerprint density at radius 2 is 2.12 bits per heavy atom. The quantitative estimate of drug-likeness (QED) is 0.696. The number of hydrogen-bond acceptors (Lipinski definition) is 4. The van der Waals surface area contributed by atoms with Crippen LogP contribution < -0.4 is 11.1 Å². The van der Waals surface area contributed by atoms with Gasteiger partial charge in [0.2, 0.25) is 0 Å². The molecule has 1 aliphatic rings. The highest BCUT2D eigenvalue weighted by Crippen LogP contribution is 2.30. The maximum Gasteiger partial charge on any atom is 0.0663 e. The van der Waals surface area contributed by atoms with Crippen molar-refractivity contribution in [3.63, 3.8) is 0 Å². The van der Waals surface area contributed by atoms with Gasteiger partial charge in [-0.3, -0.25) is 0 Å². The maximum atomic E-state index is 9.63. The topological polar surface area (TPSA) is 67.5 Å². The lowest BCUT2D eigenvalue weighted by Gasteiger charge is -2.38. The Labute approximate surface area is 102 Å². The minimum Gasteiger partial charge on any atom is -0.397 e. The fourth-order valence-electron chi connectivity index (χ4n) is 2.21. The molecule has 0 spiro atoms. The summed E-state index contributed by atoms with van der Waals surface area (Å²) in [5, 5.41) is 13.1. The lowest BCUT2D eigenvalue weighted by molar-refractivity contribution is 0.0380. The van der Waals surface area contributed by atoms with E-state index in [1.54, 1.807) is 0 Å². The molecule has 0 radical (unpaired) electrons. The van der Waals surface area contributed by atoms with Crippen LogP contribution >= 0.6 is 0 Å². The molecule has 0 aromatic heterocycles. The standard InChI is InChI=1S/C13H20N2O2/c1-10-3-2-4-11(14)12(10)15-13(9-16)5-7-17-8-6-13/h2-4,15-16H,5-9,14H2,1H3. The molecule has 2 rings (SSSR count). The van der Waals surface area contributed by atoms with Crippen LogP contribution in [0.5, 0.6) is 0 Å². The molecule has 1 aromatic rings. The number of nitrogens with two attached hydrogens (primary N) is 1. The molecule has 4 N–H and O–H groups in total. The molecule has 0 aliphatic carbocycles. The molecule has 4 heteroatoms. The first kappa shape index (κ1) is 12.2. The highest BCUT2D eigenvalue weighted by atomic mass is 16.5. The molecule has 1 aromatic carbocycles. The van der Waals surface area contributed by atoms with Crippen molar-refractivity contribution >= 4 is 11.4 Å². The van der Waals surface area contributed by atoms with Gasteiger partial charge in [-0.1, -0.05) is 12.1 Å². The Morgan fingerprint density at radius 3 is 2.71 bits per heavy atom. The van der Waals surface area contributed by atoms with E-state index in [1.807, 2.05) is 25.1 Å². The number of hydrogen-bond donors (Lipinski definition) is 3. The van der Waals surface area contributed by atoms with E-state index in [0.717, 1.165) is 29.8 Å². The fourth-order valence-corrected chi connectivity index (χ4v) is 2.21. The van der Waals surface area contributed by atoms with E-state index in [2.05, 4.69) is 5.32 Å². The smallest absolute Gasteiger partial charge is 0.0663 e. The molecule has 0 saturated carbocycles. The van der Waals surface area contributed by atoms with Crippen molar-refractivity contribution < 1.29 is 9.84 Å². The van der Waals surface area contributed by atoms with Gasteiger partial charge in [-0.15, -0.1) is 0 Å². The summed E-state index contributed by atoms with van der Waals surface area (Å²) >= 11 is 0. The number of aryl methyl sites for hydroxylation is 1. The first-order valence-corrected chi connectivity index (χ1v) is 5.99. The van der Waals surface area contributed by atoms with E-state index < -0.39 is 0 Å². The largest absolute Gasteiger partial charge is 0.397 e. The zero-order valence-corrected chi connectivity index (χ0v) is 10.2. The van der Waals surface area contributed by atoms with Crippen molar-refractivity contribution in [3.05, 3.63) is 23.8 Å². The summed E-state index contributed by atoms with van der Waals surface area (Å²) in [6, 6.07) is 5.83. The predicted octanol–water partition coefficient (Wildman–Crippen LogP) is 1.53. The van der Waals surface area contributed by atoms with Crippen molar-refractivity contribution in [3.8, 4) is 0 Å². The Bertz CT molecular complexity index is 367. The van der Waals surface area contributed by atoms with Crippen LogP contribution in [-0.4, -0.2) is 30.5 Å².